The van der Waals surface area contributed by atoms with Crippen LogP contribution in [0.25, 0.3) is 0 Å². The summed E-state index contributed by atoms with van der Waals surface area (Å²) in [6, 6.07) is 4.78. The quantitative estimate of drug-likeness (QED) is 0.357. The van der Waals surface area contributed by atoms with Gasteiger partial charge in [0, 0.05) is 6.92 Å². The van der Waals surface area contributed by atoms with Gasteiger partial charge in [-0.3, -0.25) is 9.59 Å². The van der Waals surface area contributed by atoms with Gasteiger partial charge < -0.3 is 9.47 Å². The third-order valence-corrected chi connectivity index (χ3v) is 5.20. The summed E-state index contributed by atoms with van der Waals surface area (Å²) in [6.07, 6.45) is 1.70. The molecule has 1 N–H and O–H groups in total. The monoisotopic (exact) mass is 354 g/mol. The average molecular weight is 354 g/mol. The number of esters is 1. The zero-order chi connectivity index (χ0) is 17.7. The van der Waals surface area contributed by atoms with E-state index in [-0.39, 0.29) is 17.3 Å². The second-order valence-corrected chi connectivity index (χ2v) is 7.57. The Morgan fingerprint density at radius 2 is 2.08 bits per heavy atom. The van der Waals surface area contributed by atoms with Crippen molar-refractivity contribution >= 4 is 27.9 Å². The Hall–Kier alpha value is -2.42. The van der Waals surface area contributed by atoms with Crippen molar-refractivity contribution in [2.24, 2.45) is 11.0 Å². The molecule has 1 aromatic rings. The van der Waals surface area contributed by atoms with Gasteiger partial charge in [-0.2, -0.15) is 5.10 Å². The Balaban J connectivity index is 1.99. The minimum absolute atomic E-state index is 0.0314. The van der Waals surface area contributed by atoms with Crippen LogP contribution in [-0.4, -0.2) is 45.1 Å². The van der Waals surface area contributed by atoms with Crippen molar-refractivity contribution in [3.63, 3.8) is 0 Å². The average Bonchev–Trinajstić information content (AvgIpc) is 2.88. The Bertz CT molecular complexity index is 772. The molecule has 0 aliphatic carbocycles. The van der Waals surface area contributed by atoms with Gasteiger partial charge in [-0.05, 0) is 30.2 Å². The summed E-state index contributed by atoms with van der Waals surface area (Å²) >= 11 is 0. The maximum Gasteiger partial charge on any atom is 0.308 e. The Morgan fingerprint density at radius 1 is 1.33 bits per heavy atom. The fraction of sp³-hybridized carbons (Fsp3) is 0.400. The lowest BCUT2D eigenvalue weighted by molar-refractivity contribution is -0.132. The van der Waals surface area contributed by atoms with Gasteiger partial charge in [0.15, 0.2) is 21.3 Å². The van der Waals surface area contributed by atoms with E-state index in [1.807, 2.05) is 0 Å². The van der Waals surface area contributed by atoms with E-state index in [9.17, 15) is 18.0 Å². The summed E-state index contributed by atoms with van der Waals surface area (Å²) in [4.78, 5) is 22.8. The predicted octanol–water partition coefficient (Wildman–Crippen LogP) is 0.505. The molecule has 0 spiro atoms. The van der Waals surface area contributed by atoms with Crippen LogP contribution >= 0.6 is 0 Å². The van der Waals surface area contributed by atoms with Crippen molar-refractivity contribution in [2.75, 3.05) is 18.6 Å². The summed E-state index contributed by atoms with van der Waals surface area (Å²) < 4.78 is 32.8. The van der Waals surface area contributed by atoms with Crippen LogP contribution in [0, 0.1) is 5.92 Å². The maximum absolute atomic E-state index is 11.9. The van der Waals surface area contributed by atoms with Crippen LogP contribution in [0.2, 0.25) is 0 Å². The highest BCUT2D eigenvalue weighted by Crippen LogP contribution is 2.27. The van der Waals surface area contributed by atoms with E-state index >= 15 is 0 Å². The van der Waals surface area contributed by atoms with Gasteiger partial charge in [0.25, 0.3) is 0 Å². The fourth-order valence-corrected chi connectivity index (χ4v) is 4.01. The number of carbonyl (C=O) groups excluding carboxylic acids is 2. The molecule has 0 aromatic heterocycles. The van der Waals surface area contributed by atoms with Crippen LogP contribution in [-0.2, 0) is 19.4 Å². The summed E-state index contributed by atoms with van der Waals surface area (Å²) in [5.41, 5.74) is 2.95. The highest BCUT2D eigenvalue weighted by atomic mass is 32.2. The largest absolute Gasteiger partial charge is 0.493 e. The molecular weight excluding hydrogens is 336 g/mol. The molecule has 1 fully saturated rings. The minimum atomic E-state index is -3.11. The summed E-state index contributed by atoms with van der Waals surface area (Å²) in [7, 11) is -1.68. The first-order valence-corrected chi connectivity index (χ1v) is 9.02. The van der Waals surface area contributed by atoms with Gasteiger partial charge in [-0.15, -0.1) is 0 Å². The fourth-order valence-electron chi connectivity index (χ4n) is 2.27. The first kappa shape index (κ1) is 17.9. The molecule has 1 heterocycles. The van der Waals surface area contributed by atoms with Gasteiger partial charge in [0.1, 0.15) is 0 Å². The highest BCUT2D eigenvalue weighted by molar-refractivity contribution is 7.91. The van der Waals surface area contributed by atoms with Crippen LogP contribution in [0.1, 0.15) is 18.9 Å². The van der Waals surface area contributed by atoms with Gasteiger partial charge in [-0.1, -0.05) is 0 Å². The first-order valence-electron chi connectivity index (χ1n) is 7.20. The molecule has 0 saturated carbocycles. The van der Waals surface area contributed by atoms with Gasteiger partial charge >= 0.3 is 5.97 Å². The van der Waals surface area contributed by atoms with Crippen LogP contribution in [0.15, 0.2) is 23.3 Å². The topological polar surface area (TPSA) is 111 Å². The molecule has 0 unspecified atom stereocenters. The van der Waals surface area contributed by atoms with E-state index < -0.39 is 27.6 Å². The van der Waals surface area contributed by atoms with Crippen molar-refractivity contribution < 1.29 is 27.5 Å². The lowest BCUT2D eigenvalue weighted by Gasteiger charge is -2.08. The molecule has 1 amide bonds. The highest BCUT2D eigenvalue weighted by Gasteiger charge is 2.32. The van der Waals surface area contributed by atoms with E-state index in [2.05, 4.69) is 10.5 Å². The van der Waals surface area contributed by atoms with E-state index in [4.69, 9.17) is 9.47 Å². The number of methoxy groups -OCH3 is 1. The van der Waals surface area contributed by atoms with Crippen molar-refractivity contribution in [3.8, 4) is 11.5 Å². The molecule has 2 rings (SSSR count). The summed E-state index contributed by atoms with van der Waals surface area (Å²) in [5, 5.41) is 3.82. The molecule has 1 aliphatic rings. The van der Waals surface area contributed by atoms with Crippen LogP contribution in [0.4, 0.5) is 0 Å². The molecule has 1 aliphatic heterocycles. The number of nitrogens with one attached hydrogen (secondary N) is 1. The number of sulfone groups is 1. The Morgan fingerprint density at radius 3 is 2.67 bits per heavy atom. The molecule has 1 aromatic carbocycles. The van der Waals surface area contributed by atoms with Crippen LogP contribution in [0.3, 0.4) is 0 Å². The van der Waals surface area contributed by atoms with Crippen molar-refractivity contribution in [1.29, 1.82) is 0 Å². The number of hydrazone groups is 1. The number of hydrogen-bond acceptors (Lipinski definition) is 7. The molecule has 24 heavy (non-hydrogen) atoms. The standard InChI is InChI=1S/C15H18N2O6S/c1-10(18)23-13-4-3-11(7-14(13)22-2)8-16-17-15(19)12-5-6-24(20,21)9-12/h3-4,7-8,12H,5-6,9H2,1-2H3,(H,17,19)/b16-8-/t12-/m1/s1. The van der Waals surface area contributed by atoms with E-state index in [0.29, 0.717) is 17.7 Å². The van der Waals surface area contributed by atoms with Crippen molar-refractivity contribution in [2.45, 2.75) is 13.3 Å². The lowest BCUT2D eigenvalue weighted by Crippen LogP contribution is -2.27. The number of nitrogens with zero attached hydrogens (tertiary/aromatic N) is 1. The Kier molecular flexibility index (Phi) is 5.55. The third-order valence-electron chi connectivity index (χ3n) is 3.43. The number of hydrogen-bond donors (Lipinski definition) is 1. The third kappa shape index (κ3) is 4.79. The molecule has 1 saturated heterocycles. The van der Waals surface area contributed by atoms with Gasteiger partial charge in [0.05, 0.1) is 30.7 Å². The van der Waals surface area contributed by atoms with Gasteiger partial charge in [0.2, 0.25) is 5.91 Å². The van der Waals surface area contributed by atoms with Crippen LogP contribution in [0.5, 0.6) is 11.5 Å². The normalized spacial score (nSPS) is 19.2. The summed E-state index contributed by atoms with van der Waals surface area (Å²) in [5.74, 6) is -0.926. The van der Waals surface area contributed by atoms with Gasteiger partial charge in [-0.25, -0.2) is 13.8 Å². The van der Waals surface area contributed by atoms with Crippen molar-refractivity contribution in [3.05, 3.63) is 23.8 Å². The number of carbonyl (C=O) groups is 2. The van der Waals surface area contributed by atoms with E-state index in [1.165, 1.54) is 20.2 Å². The van der Waals surface area contributed by atoms with Crippen molar-refractivity contribution in [1.82, 2.24) is 5.43 Å². The smallest absolute Gasteiger partial charge is 0.308 e. The zero-order valence-corrected chi connectivity index (χ0v) is 14.1. The van der Waals surface area contributed by atoms with E-state index in [0.717, 1.165) is 0 Å². The summed E-state index contributed by atoms with van der Waals surface area (Å²) in [6.45, 7) is 1.29. The maximum atomic E-state index is 11.9. The zero-order valence-electron chi connectivity index (χ0n) is 13.3. The molecule has 8 nitrogen and oxygen atoms in total. The van der Waals surface area contributed by atoms with Crippen LogP contribution < -0.4 is 14.9 Å². The Labute approximate surface area is 139 Å². The van der Waals surface area contributed by atoms with E-state index in [1.54, 1.807) is 18.2 Å². The second-order valence-electron chi connectivity index (χ2n) is 5.34. The molecule has 9 heteroatoms. The predicted molar refractivity (Wildman–Crippen MR) is 86.8 cm³/mol. The molecule has 1 atom stereocenters. The molecule has 0 radical (unpaired) electrons. The molecular formula is C15H18N2O6S. The number of amides is 1. The second kappa shape index (κ2) is 7.43. The molecule has 0 bridgehead atoms. The lowest BCUT2D eigenvalue weighted by atomic mass is 10.1. The first-order chi connectivity index (χ1) is 11.3. The number of rotatable bonds is 5. The molecule has 130 valence electrons. The minimum Gasteiger partial charge on any atom is -0.493 e. The number of benzene rings is 1. The SMILES string of the molecule is COc1cc(/C=N\NC(=O)[C@@H]2CCS(=O)(=O)C2)ccc1OC(C)=O. The number of ether oxygens (including phenoxy) is 2.